The van der Waals surface area contributed by atoms with E-state index in [1.54, 1.807) is 30.3 Å². The first-order valence-electron chi connectivity index (χ1n) is 14.1. The number of carbonyl (C=O) groups excluding carboxylic acids is 2. The number of rotatable bonds is 7. The lowest BCUT2D eigenvalue weighted by Crippen LogP contribution is -2.49. The summed E-state index contributed by atoms with van der Waals surface area (Å²) in [4.78, 5) is 27.0. The molecule has 10 heteroatoms. The number of hydrogen-bond acceptors (Lipinski definition) is 6. The van der Waals surface area contributed by atoms with Gasteiger partial charge in [0.1, 0.15) is 11.9 Å². The zero-order valence-corrected chi connectivity index (χ0v) is 23.9. The van der Waals surface area contributed by atoms with Crippen LogP contribution in [0.15, 0.2) is 36.4 Å². The Balaban J connectivity index is 1.36. The summed E-state index contributed by atoms with van der Waals surface area (Å²) in [5.74, 6) is -0.879. The van der Waals surface area contributed by atoms with Gasteiger partial charge in [-0.25, -0.2) is 12.8 Å². The quantitative estimate of drug-likeness (QED) is 0.454. The van der Waals surface area contributed by atoms with Gasteiger partial charge in [0.2, 0.25) is 5.91 Å². The smallest absolute Gasteiger partial charge is 0.251 e. The molecule has 0 unspecified atom stereocenters. The van der Waals surface area contributed by atoms with Gasteiger partial charge in [0.15, 0.2) is 9.84 Å². The molecule has 216 valence electrons. The first kappa shape index (κ1) is 28.5. The fourth-order valence-corrected chi connectivity index (χ4v) is 7.25. The molecule has 40 heavy (non-hydrogen) atoms. The maximum Gasteiger partial charge on any atom is 0.251 e. The van der Waals surface area contributed by atoms with Crippen LogP contribution in [0.4, 0.5) is 15.8 Å². The summed E-state index contributed by atoms with van der Waals surface area (Å²) in [6.07, 6.45) is 6.13. The van der Waals surface area contributed by atoms with Gasteiger partial charge in [-0.1, -0.05) is 31.9 Å². The van der Waals surface area contributed by atoms with E-state index in [1.165, 1.54) is 6.07 Å². The van der Waals surface area contributed by atoms with E-state index in [4.69, 9.17) is 4.74 Å². The Bertz CT molecular complexity index is 1380. The van der Waals surface area contributed by atoms with Gasteiger partial charge in [-0.2, -0.15) is 0 Å². The van der Waals surface area contributed by atoms with Crippen LogP contribution in [0.3, 0.4) is 0 Å². The van der Waals surface area contributed by atoms with Crippen LogP contribution in [0, 0.1) is 17.7 Å². The number of sulfone groups is 1. The normalized spacial score (nSPS) is 22.7. The average molecular weight is 572 g/mol. The van der Waals surface area contributed by atoms with Gasteiger partial charge in [0, 0.05) is 53.9 Å². The summed E-state index contributed by atoms with van der Waals surface area (Å²) in [5, 5.41) is 9.12. The van der Waals surface area contributed by atoms with E-state index in [-0.39, 0.29) is 28.5 Å². The second-order valence-electron chi connectivity index (χ2n) is 11.9. The fourth-order valence-electron chi connectivity index (χ4n) is 6.47. The number of hydrogen-bond donors (Lipinski definition) is 3. The summed E-state index contributed by atoms with van der Waals surface area (Å²) in [6, 6.07) is 8.78. The first-order chi connectivity index (χ1) is 19.0. The highest BCUT2D eigenvalue weighted by molar-refractivity contribution is 7.89. The van der Waals surface area contributed by atoms with E-state index in [0.717, 1.165) is 44.8 Å². The van der Waals surface area contributed by atoms with Crippen LogP contribution in [0.25, 0.3) is 0 Å². The van der Waals surface area contributed by atoms with Crippen molar-refractivity contribution in [3.05, 3.63) is 58.9 Å². The molecule has 1 spiro atoms. The molecule has 3 N–H and O–H groups in total. The minimum atomic E-state index is -3.27. The standard InChI is InChI=1S/C30H38FN3O5S/c1-19-6-8-21(9-7-19)27(34-28(35)22-5-3-4-20(14-22)17-40(2,37)38)29(36)33-23-15-24(31)26-25(16-23)32-18-30(26)10-12-39-13-11-30/h3-5,14-16,19,21,27,32H,6-13,17-18H2,1-2H3,(H,33,36)(H,34,35)/t19-,21-,27-/m0/s1. The Labute approximate surface area is 235 Å². The van der Waals surface area contributed by atoms with Crippen molar-refractivity contribution in [2.24, 2.45) is 11.8 Å². The third-order valence-corrected chi connectivity index (χ3v) is 9.53. The second kappa shape index (κ2) is 11.5. The highest BCUT2D eigenvalue weighted by Gasteiger charge is 2.43. The number of carbonyl (C=O) groups is 2. The molecule has 2 aromatic carbocycles. The molecule has 1 aliphatic carbocycles. The molecule has 1 saturated carbocycles. The highest BCUT2D eigenvalue weighted by atomic mass is 32.2. The molecule has 0 aromatic heterocycles. The van der Waals surface area contributed by atoms with Crippen molar-refractivity contribution in [2.45, 2.75) is 62.7 Å². The molecule has 2 aromatic rings. The highest BCUT2D eigenvalue weighted by Crippen LogP contribution is 2.46. The second-order valence-corrected chi connectivity index (χ2v) is 14.0. The molecule has 2 heterocycles. The Morgan fingerprint density at radius 2 is 1.85 bits per heavy atom. The minimum absolute atomic E-state index is 0.0674. The van der Waals surface area contributed by atoms with Crippen LogP contribution in [-0.2, 0) is 30.5 Å². The van der Waals surface area contributed by atoms with Gasteiger partial charge in [0.25, 0.3) is 5.91 Å². The molecular formula is C30H38FN3O5S. The molecule has 8 nitrogen and oxygen atoms in total. The lowest BCUT2D eigenvalue weighted by molar-refractivity contribution is -0.119. The van der Waals surface area contributed by atoms with Crippen molar-refractivity contribution in [3.63, 3.8) is 0 Å². The number of anilines is 2. The van der Waals surface area contributed by atoms with E-state index in [9.17, 15) is 18.0 Å². The first-order valence-corrected chi connectivity index (χ1v) is 16.1. The Kier molecular flexibility index (Phi) is 8.20. The molecule has 3 aliphatic rings. The zero-order valence-electron chi connectivity index (χ0n) is 23.1. The Morgan fingerprint density at radius 3 is 2.55 bits per heavy atom. The third kappa shape index (κ3) is 6.33. The van der Waals surface area contributed by atoms with Crippen molar-refractivity contribution >= 4 is 33.0 Å². The molecule has 2 amide bonds. The molecule has 2 fully saturated rings. The summed E-state index contributed by atoms with van der Waals surface area (Å²) < 4.78 is 44.5. The number of benzene rings is 2. The zero-order chi connectivity index (χ0) is 28.5. The maximum absolute atomic E-state index is 15.5. The van der Waals surface area contributed by atoms with Crippen LogP contribution in [0.5, 0.6) is 0 Å². The maximum atomic E-state index is 15.5. The predicted molar refractivity (Wildman–Crippen MR) is 153 cm³/mol. The van der Waals surface area contributed by atoms with Crippen LogP contribution < -0.4 is 16.0 Å². The Hall–Kier alpha value is -2.98. The van der Waals surface area contributed by atoms with Gasteiger partial charge in [-0.15, -0.1) is 0 Å². The van der Waals surface area contributed by atoms with Crippen molar-refractivity contribution < 1.29 is 27.1 Å². The topological polar surface area (TPSA) is 114 Å². The van der Waals surface area contributed by atoms with E-state index in [1.807, 2.05) is 0 Å². The molecule has 5 rings (SSSR count). The van der Waals surface area contributed by atoms with Gasteiger partial charge in [0.05, 0.1) is 5.75 Å². The SMILES string of the molecule is CS(=O)(=O)Cc1cccc(C(=O)N[C@H](C(=O)Nc2cc(F)c3c(c2)NCC32CCOCC2)[C@H]2CC[C@H](C)CC2)c1. The number of nitrogens with one attached hydrogen (secondary N) is 3. The van der Waals surface area contributed by atoms with Crippen LogP contribution in [0.1, 0.15) is 66.9 Å². The van der Waals surface area contributed by atoms with Crippen LogP contribution in [0.2, 0.25) is 0 Å². The third-order valence-electron chi connectivity index (χ3n) is 8.67. The van der Waals surface area contributed by atoms with Crippen LogP contribution in [-0.4, -0.2) is 52.3 Å². The van der Waals surface area contributed by atoms with Crippen LogP contribution >= 0.6 is 0 Å². The number of ether oxygens (including phenoxy) is 1. The largest absolute Gasteiger partial charge is 0.384 e. The minimum Gasteiger partial charge on any atom is -0.384 e. The summed E-state index contributed by atoms with van der Waals surface area (Å²) in [6.45, 7) is 4.01. The van der Waals surface area contributed by atoms with E-state index >= 15 is 4.39 Å². The van der Waals surface area contributed by atoms with Crippen molar-refractivity contribution in [3.8, 4) is 0 Å². The average Bonchev–Trinajstić information content (AvgIpc) is 3.25. The summed E-state index contributed by atoms with van der Waals surface area (Å²) >= 11 is 0. The lowest BCUT2D eigenvalue weighted by atomic mass is 9.75. The van der Waals surface area contributed by atoms with Crippen molar-refractivity contribution in [1.29, 1.82) is 0 Å². The predicted octanol–water partition coefficient (Wildman–Crippen LogP) is 4.41. The summed E-state index contributed by atoms with van der Waals surface area (Å²) in [5.41, 5.74) is 2.20. The molecule has 1 atom stereocenters. The molecule has 0 radical (unpaired) electrons. The van der Waals surface area contributed by atoms with E-state index < -0.39 is 27.7 Å². The van der Waals surface area contributed by atoms with Gasteiger partial charge >= 0.3 is 0 Å². The fraction of sp³-hybridized carbons (Fsp3) is 0.533. The molecule has 2 aliphatic heterocycles. The van der Waals surface area contributed by atoms with Crippen molar-refractivity contribution in [1.82, 2.24) is 5.32 Å². The van der Waals surface area contributed by atoms with Crippen molar-refractivity contribution in [2.75, 3.05) is 36.6 Å². The number of halogens is 1. The molecule has 0 bridgehead atoms. The number of amides is 2. The summed E-state index contributed by atoms with van der Waals surface area (Å²) in [7, 11) is -3.27. The van der Waals surface area contributed by atoms with E-state index in [2.05, 4.69) is 22.9 Å². The number of fused-ring (bicyclic) bond motifs is 2. The lowest BCUT2D eigenvalue weighted by Gasteiger charge is -2.33. The monoisotopic (exact) mass is 571 g/mol. The molecule has 1 saturated heterocycles. The van der Waals surface area contributed by atoms with E-state index in [0.29, 0.717) is 48.2 Å². The Morgan fingerprint density at radius 1 is 1.12 bits per heavy atom. The van der Waals surface area contributed by atoms with Gasteiger partial charge in [-0.05, 0) is 67.3 Å². The van der Waals surface area contributed by atoms with Gasteiger partial charge < -0.3 is 20.7 Å². The molecular weight excluding hydrogens is 533 g/mol. The van der Waals surface area contributed by atoms with Gasteiger partial charge in [-0.3, -0.25) is 9.59 Å².